The molecular weight excluding hydrogens is 230 g/mol. The monoisotopic (exact) mass is 247 g/mol. The highest BCUT2D eigenvalue weighted by Crippen LogP contribution is 2.18. The Labute approximate surface area is 106 Å². The number of rotatable bonds is 4. The number of nitrogens with two attached hydrogens (primary N) is 1. The molecule has 1 fully saturated rings. The van der Waals surface area contributed by atoms with Crippen LogP contribution < -0.4 is 11.3 Å². The van der Waals surface area contributed by atoms with Crippen molar-refractivity contribution in [3.8, 4) is 0 Å². The Morgan fingerprint density at radius 1 is 1.39 bits per heavy atom. The number of carbonyl (C=O) groups is 2. The van der Waals surface area contributed by atoms with E-state index in [4.69, 9.17) is 5.84 Å². The molecule has 1 aliphatic heterocycles. The molecule has 1 aromatic carbocycles. The van der Waals surface area contributed by atoms with Gasteiger partial charge in [-0.15, -0.1) is 0 Å². The fraction of sp³-hybridized carbons (Fsp3) is 0.385. The van der Waals surface area contributed by atoms with Crippen molar-refractivity contribution in [3.63, 3.8) is 0 Å². The Morgan fingerprint density at radius 2 is 2.11 bits per heavy atom. The second kappa shape index (κ2) is 5.64. The van der Waals surface area contributed by atoms with Gasteiger partial charge < -0.3 is 4.90 Å². The number of hydrogen-bond acceptors (Lipinski definition) is 3. The fourth-order valence-electron chi connectivity index (χ4n) is 2.19. The summed E-state index contributed by atoms with van der Waals surface area (Å²) in [5.74, 6) is 4.54. The third-order valence-electron chi connectivity index (χ3n) is 3.24. The van der Waals surface area contributed by atoms with Gasteiger partial charge in [-0.25, -0.2) is 5.84 Å². The number of likely N-dealkylation sites (tertiary alicyclic amines) is 1. The van der Waals surface area contributed by atoms with E-state index < -0.39 is 0 Å². The van der Waals surface area contributed by atoms with Gasteiger partial charge in [-0.3, -0.25) is 15.0 Å². The summed E-state index contributed by atoms with van der Waals surface area (Å²) in [4.78, 5) is 24.8. The van der Waals surface area contributed by atoms with Crippen LogP contribution in [0.1, 0.15) is 12.0 Å². The van der Waals surface area contributed by atoms with E-state index in [0.29, 0.717) is 13.1 Å². The van der Waals surface area contributed by atoms with Crippen molar-refractivity contribution in [1.82, 2.24) is 10.3 Å². The molecule has 1 saturated heterocycles. The van der Waals surface area contributed by atoms with Gasteiger partial charge in [0.25, 0.3) is 0 Å². The van der Waals surface area contributed by atoms with E-state index in [1.807, 2.05) is 30.3 Å². The molecule has 2 amide bonds. The average Bonchev–Trinajstić information content (AvgIpc) is 2.78. The van der Waals surface area contributed by atoms with Crippen molar-refractivity contribution in [1.29, 1.82) is 0 Å². The summed E-state index contributed by atoms with van der Waals surface area (Å²) in [5.41, 5.74) is 3.30. The van der Waals surface area contributed by atoms with Gasteiger partial charge in [0, 0.05) is 19.5 Å². The quantitative estimate of drug-likeness (QED) is 0.449. The molecule has 0 radical (unpaired) electrons. The van der Waals surface area contributed by atoms with Crippen LogP contribution in [0.3, 0.4) is 0 Å². The molecule has 1 aliphatic rings. The molecule has 1 heterocycles. The normalized spacial score (nSPS) is 19.1. The van der Waals surface area contributed by atoms with Crippen LogP contribution in [0.4, 0.5) is 0 Å². The third-order valence-corrected chi connectivity index (χ3v) is 3.24. The first kappa shape index (κ1) is 12.6. The van der Waals surface area contributed by atoms with Gasteiger partial charge in [-0.05, 0) is 12.0 Å². The number of benzene rings is 1. The Bertz CT molecular complexity index is 433. The van der Waals surface area contributed by atoms with Crippen molar-refractivity contribution >= 4 is 11.8 Å². The Balaban J connectivity index is 1.87. The zero-order valence-electron chi connectivity index (χ0n) is 10.1. The van der Waals surface area contributed by atoms with Crippen LogP contribution in [0.15, 0.2) is 30.3 Å². The molecular formula is C13H17N3O2. The highest BCUT2D eigenvalue weighted by Gasteiger charge is 2.33. The fourth-order valence-corrected chi connectivity index (χ4v) is 2.19. The molecule has 0 bridgehead atoms. The molecule has 0 spiro atoms. The van der Waals surface area contributed by atoms with E-state index in [1.54, 1.807) is 4.90 Å². The molecule has 1 aromatic rings. The van der Waals surface area contributed by atoms with Gasteiger partial charge in [0.15, 0.2) is 0 Å². The average molecular weight is 247 g/mol. The Hall–Kier alpha value is -1.88. The molecule has 2 rings (SSSR count). The van der Waals surface area contributed by atoms with E-state index >= 15 is 0 Å². The molecule has 3 N–H and O–H groups in total. The van der Waals surface area contributed by atoms with Crippen LogP contribution in [0.5, 0.6) is 0 Å². The maximum Gasteiger partial charge on any atom is 0.239 e. The summed E-state index contributed by atoms with van der Waals surface area (Å²) in [7, 11) is 0. The number of carbonyl (C=O) groups excluding carboxylic acids is 2. The minimum atomic E-state index is -0.307. The molecule has 18 heavy (non-hydrogen) atoms. The maximum absolute atomic E-state index is 11.7. The van der Waals surface area contributed by atoms with Crippen LogP contribution in [0, 0.1) is 5.92 Å². The summed E-state index contributed by atoms with van der Waals surface area (Å²) < 4.78 is 0. The number of hydrazine groups is 1. The first-order chi connectivity index (χ1) is 8.70. The second-order valence-corrected chi connectivity index (χ2v) is 4.48. The molecule has 1 atom stereocenters. The van der Waals surface area contributed by atoms with Crippen LogP contribution in [-0.2, 0) is 16.0 Å². The van der Waals surface area contributed by atoms with Crippen LogP contribution in [0.25, 0.3) is 0 Å². The molecule has 1 unspecified atom stereocenters. The van der Waals surface area contributed by atoms with E-state index in [-0.39, 0.29) is 24.2 Å². The van der Waals surface area contributed by atoms with Crippen molar-refractivity contribution in [2.24, 2.45) is 11.8 Å². The number of amides is 2. The lowest BCUT2D eigenvalue weighted by atomic mass is 10.1. The largest absolute Gasteiger partial charge is 0.342 e. The number of hydrogen-bond donors (Lipinski definition) is 2. The van der Waals surface area contributed by atoms with E-state index in [1.165, 1.54) is 5.56 Å². The van der Waals surface area contributed by atoms with Crippen LogP contribution in [0.2, 0.25) is 0 Å². The second-order valence-electron chi connectivity index (χ2n) is 4.48. The van der Waals surface area contributed by atoms with Crippen molar-refractivity contribution in [2.45, 2.75) is 12.8 Å². The Morgan fingerprint density at radius 3 is 2.78 bits per heavy atom. The van der Waals surface area contributed by atoms with E-state index in [0.717, 1.165) is 6.42 Å². The predicted octanol–water partition coefficient (Wildman–Crippen LogP) is 0.0675. The van der Waals surface area contributed by atoms with Gasteiger partial charge in [0.1, 0.15) is 0 Å². The lowest BCUT2D eigenvalue weighted by Gasteiger charge is -2.16. The van der Waals surface area contributed by atoms with Gasteiger partial charge >= 0.3 is 0 Å². The molecule has 5 nitrogen and oxygen atoms in total. The summed E-state index contributed by atoms with van der Waals surface area (Å²) >= 11 is 0. The van der Waals surface area contributed by atoms with Crippen molar-refractivity contribution in [3.05, 3.63) is 35.9 Å². The summed E-state index contributed by atoms with van der Waals surface area (Å²) in [6.07, 6.45) is 1.07. The van der Waals surface area contributed by atoms with Gasteiger partial charge in [0.05, 0.1) is 5.92 Å². The van der Waals surface area contributed by atoms with Gasteiger partial charge in [0.2, 0.25) is 11.8 Å². The third kappa shape index (κ3) is 2.87. The van der Waals surface area contributed by atoms with Crippen molar-refractivity contribution in [2.75, 3.05) is 13.1 Å². The standard InChI is InChI=1S/C13H17N3O2/c14-15-13(18)11-8-12(17)16(9-11)7-6-10-4-2-1-3-5-10/h1-5,11H,6-9,14H2,(H,15,18). The number of nitrogens with one attached hydrogen (secondary N) is 1. The zero-order valence-corrected chi connectivity index (χ0v) is 10.1. The lowest BCUT2D eigenvalue weighted by Crippen LogP contribution is -2.37. The van der Waals surface area contributed by atoms with Gasteiger partial charge in [-0.2, -0.15) is 0 Å². The highest BCUT2D eigenvalue weighted by atomic mass is 16.2. The minimum Gasteiger partial charge on any atom is -0.342 e. The summed E-state index contributed by atoms with van der Waals surface area (Å²) in [6, 6.07) is 9.99. The smallest absolute Gasteiger partial charge is 0.239 e. The van der Waals surface area contributed by atoms with Crippen molar-refractivity contribution < 1.29 is 9.59 Å². The SMILES string of the molecule is NNC(=O)C1CC(=O)N(CCc2ccccc2)C1. The summed E-state index contributed by atoms with van der Waals surface area (Å²) in [5, 5.41) is 0. The molecule has 0 aliphatic carbocycles. The predicted molar refractivity (Wildman–Crippen MR) is 67.2 cm³/mol. The minimum absolute atomic E-state index is 0.0273. The topological polar surface area (TPSA) is 75.4 Å². The summed E-state index contributed by atoms with van der Waals surface area (Å²) in [6.45, 7) is 1.12. The van der Waals surface area contributed by atoms with Crippen LogP contribution >= 0.6 is 0 Å². The molecule has 0 saturated carbocycles. The van der Waals surface area contributed by atoms with Gasteiger partial charge in [-0.1, -0.05) is 30.3 Å². The zero-order chi connectivity index (χ0) is 13.0. The Kier molecular flexibility index (Phi) is 3.94. The molecule has 96 valence electrons. The van der Waals surface area contributed by atoms with E-state index in [2.05, 4.69) is 5.43 Å². The number of nitrogens with zero attached hydrogens (tertiary/aromatic N) is 1. The molecule has 0 aromatic heterocycles. The first-order valence-electron chi connectivity index (χ1n) is 6.03. The van der Waals surface area contributed by atoms with E-state index in [9.17, 15) is 9.59 Å². The highest BCUT2D eigenvalue weighted by molar-refractivity contribution is 5.88. The van der Waals surface area contributed by atoms with Crippen LogP contribution in [-0.4, -0.2) is 29.8 Å². The first-order valence-corrected chi connectivity index (χ1v) is 6.03. The lowest BCUT2D eigenvalue weighted by molar-refractivity contribution is -0.129. The maximum atomic E-state index is 11.7. The molecule has 5 heteroatoms.